The summed E-state index contributed by atoms with van der Waals surface area (Å²) in [5.41, 5.74) is 0. The molecule has 2 aromatic rings. The Bertz CT molecular complexity index is 724. The normalized spacial score (nSPS) is 20.2. The summed E-state index contributed by atoms with van der Waals surface area (Å²) in [6, 6.07) is 10.3. The van der Waals surface area contributed by atoms with Crippen LogP contribution in [-0.4, -0.2) is 43.4 Å². The van der Waals surface area contributed by atoms with E-state index in [0.717, 1.165) is 29.6 Å². The second kappa shape index (κ2) is 8.58. The number of piperidine rings is 1. The number of aromatic nitrogens is 3. The number of carbonyl (C=O) groups excluding carboxylic acids is 1. The Kier molecular flexibility index (Phi) is 6.19. The summed E-state index contributed by atoms with van der Waals surface area (Å²) in [6.45, 7) is 4.63. The minimum absolute atomic E-state index is 0.180. The molecule has 1 amide bonds. The van der Waals surface area contributed by atoms with E-state index in [0.29, 0.717) is 24.4 Å². The smallest absolute Gasteiger partial charge is 0.233 e. The van der Waals surface area contributed by atoms with E-state index in [4.69, 9.17) is 4.74 Å². The van der Waals surface area contributed by atoms with Gasteiger partial charge in [0.2, 0.25) is 5.91 Å². The molecule has 0 unspecified atom stereocenters. The second-order valence-corrected chi connectivity index (χ2v) is 7.72. The van der Waals surface area contributed by atoms with Gasteiger partial charge in [0, 0.05) is 19.1 Å². The van der Waals surface area contributed by atoms with Crippen LogP contribution in [0.4, 0.5) is 0 Å². The van der Waals surface area contributed by atoms with Crippen molar-refractivity contribution >= 4 is 17.7 Å². The number of amides is 1. The monoisotopic (exact) mass is 374 g/mol. The SMILES string of the molecule is C[C@@H]1CCC[C@@H](C)N1C(=O)CSc1nnc(COc2ccccc2)n1C. The molecule has 1 aromatic heterocycles. The molecular weight excluding hydrogens is 348 g/mol. The first-order valence-corrected chi connectivity index (χ1v) is 10.0. The van der Waals surface area contributed by atoms with Gasteiger partial charge in [-0.15, -0.1) is 10.2 Å². The number of hydrogen-bond donors (Lipinski definition) is 0. The molecule has 2 heterocycles. The number of thioether (sulfide) groups is 1. The molecule has 7 heteroatoms. The Hall–Kier alpha value is -2.02. The summed E-state index contributed by atoms with van der Waals surface area (Å²) in [5, 5.41) is 9.14. The predicted octanol–water partition coefficient (Wildman–Crippen LogP) is 3.28. The van der Waals surface area contributed by atoms with Crippen LogP contribution in [0.2, 0.25) is 0 Å². The Morgan fingerprint density at radius 2 is 1.88 bits per heavy atom. The van der Waals surface area contributed by atoms with Crippen LogP contribution in [0, 0.1) is 0 Å². The fraction of sp³-hybridized carbons (Fsp3) is 0.526. The van der Waals surface area contributed by atoms with Gasteiger partial charge in [-0.05, 0) is 45.2 Å². The van der Waals surface area contributed by atoms with E-state index < -0.39 is 0 Å². The average molecular weight is 375 g/mol. The summed E-state index contributed by atoms with van der Waals surface area (Å²) in [6.07, 6.45) is 3.38. The van der Waals surface area contributed by atoms with Gasteiger partial charge in [0.1, 0.15) is 12.4 Å². The van der Waals surface area contributed by atoms with Crippen LogP contribution in [0.25, 0.3) is 0 Å². The van der Waals surface area contributed by atoms with E-state index in [1.54, 1.807) is 0 Å². The van der Waals surface area contributed by atoms with Crippen LogP contribution in [0.15, 0.2) is 35.5 Å². The summed E-state index contributed by atoms with van der Waals surface area (Å²) >= 11 is 1.44. The molecule has 1 saturated heterocycles. The van der Waals surface area contributed by atoms with E-state index in [2.05, 4.69) is 24.0 Å². The molecule has 1 aliphatic rings. The lowest BCUT2D eigenvalue weighted by Gasteiger charge is -2.39. The van der Waals surface area contributed by atoms with Gasteiger partial charge in [-0.3, -0.25) is 4.79 Å². The number of nitrogens with zero attached hydrogens (tertiary/aromatic N) is 4. The van der Waals surface area contributed by atoms with Crippen molar-refractivity contribution in [3.8, 4) is 5.75 Å². The topological polar surface area (TPSA) is 60.3 Å². The maximum absolute atomic E-state index is 12.6. The summed E-state index contributed by atoms with van der Waals surface area (Å²) in [7, 11) is 1.91. The van der Waals surface area contributed by atoms with Crippen molar-refractivity contribution in [1.29, 1.82) is 0 Å². The van der Waals surface area contributed by atoms with Crippen LogP contribution in [0.5, 0.6) is 5.75 Å². The molecule has 26 heavy (non-hydrogen) atoms. The molecule has 2 atom stereocenters. The molecule has 0 spiro atoms. The Morgan fingerprint density at radius 3 is 2.58 bits per heavy atom. The van der Waals surface area contributed by atoms with Crippen LogP contribution >= 0.6 is 11.8 Å². The van der Waals surface area contributed by atoms with Crippen molar-refractivity contribution in [1.82, 2.24) is 19.7 Å². The molecule has 6 nitrogen and oxygen atoms in total. The molecule has 3 rings (SSSR count). The average Bonchev–Trinajstić information content (AvgIpc) is 2.99. The molecule has 140 valence electrons. The predicted molar refractivity (Wildman–Crippen MR) is 102 cm³/mol. The van der Waals surface area contributed by atoms with Gasteiger partial charge < -0.3 is 14.2 Å². The zero-order valence-corrected chi connectivity index (χ0v) is 16.4. The number of benzene rings is 1. The highest BCUT2D eigenvalue weighted by Gasteiger charge is 2.29. The fourth-order valence-corrected chi connectivity index (χ4v) is 4.17. The van der Waals surface area contributed by atoms with Gasteiger partial charge in [0.25, 0.3) is 0 Å². The van der Waals surface area contributed by atoms with Crippen LogP contribution < -0.4 is 4.74 Å². The first-order chi connectivity index (χ1) is 12.6. The van der Waals surface area contributed by atoms with Gasteiger partial charge in [-0.1, -0.05) is 30.0 Å². The summed E-state index contributed by atoms with van der Waals surface area (Å²) < 4.78 is 7.62. The largest absolute Gasteiger partial charge is 0.486 e. The summed E-state index contributed by atoms with van der Waals surface area (Å²) in [5.74, 6) is 2.11. The maximum atomic E-state index is 12.6. The van der Waals surface area contributed by atoms with E-state index in [1.807, 2.05) is 46.8 Å². The number of hydrogen-bond acceptors (Lipinski definition) is 5. The van der Waals surface area contributed by atoms with Crippen molar-refractivity contribution in [2.45, 2.75) is 57.0 Å². The number of para-hydroxylation sites is 1. The van der Waals surface area contributed by atoms with Crippen molar-refractivity contribution in [3.63, 3.8) is 0 Å². The minimum atomic E-state index is 0.180. The van der Waals surface area contributed by atoms with Crippen molar-refractivity contribution < 1.29 is 9.53 Å². The lowest BCUT2D eigenvalue weighted by atomic mass is 9.98. The Balaban J connectivity index is 1.55. The molecule has 0 bridgehead atoms. The van der Waals surface area contributed by atoms with Crippen molar-refractivity contribution in [3.05, 3.63) is 36.2 Å². The maximum Gasteiger partial charge on any atom is 0.233 e. The minimum Gasteiger partial charge on any atom is -0.486 e. The highest BCUT2D eigenvalue weighted by atomic mass is 32.2. The standard InChI is InChI=1S/C19H26N4O2S/c1-14-8-7-9-15(2)23(14)18(24)13-26-19-21-20-17(22(19)3)12-25-16-10-5-4-6-11-16/h4-6,10-11,14-15H,7-9,12-13H2,1-3H3/t14-,15-/m1/s1. The Morgan fingerprint density at radius 1 is 1.19 bits per heavy atom. The van der Waals surface area contributed by atoms with Crippen LogP contribution in [0.1, 0.15) is 38.9 Å². The molecule has 1 fully saturated rings. The zero-order chi connectivity index (χ0) is 18.5. The molecule has 0 aliphatic carbocycles. The lowest BCUT2D eigenvalue weighted by molar-refractivity contribution is -0.134. The highest BCUT2D eigenvalue weighted by molar-refractivity contribution is 7.99. The third-order valence-corrected chi connectivity index (χ3v) is 5.85. The highest BCUT2D eigenvalue weighted by Crippen LogP contribution is 2.25. The Labute approximate surface area is 158 Å². The summed E-state index contributed by atoms with van der Waals surface area (Å²) in [4.78, 5) is 14.7. The van der Waals surface area contributed by atoms with Crippen LogP contribution in [-0.2, 0) is 18.4 Å². The lowest BCUT2D eigenvalue weighted by Crippen LogP contribution is -2.48. The first-order valence-electron chi connectivity index (χ1n) is 9.06. The number of carbonyl (C=O) groups is 1. The van der Waals surface area contributed by atoms with Gasteiger partial charge >= 0.3 is 0 Å². The quantitative estimate of drug-likeness (QED) is 0.726. The molecule has 0 radical (unpaired) electrons. The number of ether oxygens (including phenoxy) is 1. The van der Waals surface area contributed by atoms with Gasteiger partial charge in [0.15, 0.2) is 11.0 Å². The van der Waals surface area contributed by atoms with Crippen molar-refractivity contribution in [2.24, 2.45) is 7.05 Å². The van der Waals surface area contributed by atoms with Crippen LogP contribution in [0.3, 0.4) is 0 Å². The van der Waals surface area contributed by atoms with Gasteiger partial charge in [-0.2, -0.15) is 0 Å². The zero-order valence-electron chi connectivity index (χ0n) is 15.6. The number of rotatable bonds is 6. The van der Waals surface area contributed by atoms with E-state index >= 15 is 0 Å². The molecule has 1 aliphatic heterocycles. The van der Waals surface area contributed by atoms with Gasteiger partial charge in [-0.25, -0.2) is 0 Å². The van der Waals surface area contributed by atoms with E-state index in [9.17, 15) is 4.79 Å². The third kappa shape index (κ3) is 4.38. The molecule has 0 N–H and O–H groups in total. The first kappa shape index (κ1) is 18.8. The fourth-order valence-electron chi connectivity index (χ4n) is 3.37. The number of likely N-dealkylation sites (tertiary alicyclic amines) is 1. The van der Waals surface area contributed by atoms with Gasteiger partial charge in [0.05, 0.1) is 5.75 Å². The molecular formula is C19H26N4O2S. The van der Waals surface area contributed by atoms with E-state index in [-0.39, 0.29) is 5.91 Å². The van der Waals surface area contributed by atoms with E-state index in [1.165, 1.54) is 18.2 Å². The molecule has 1 aromatic carbocycles. The second-order valence-electron chi connectivity index (χ2n) is 6.78. The van der Waals surface area contributed by atoms with Crippen molar-refractivity contribution in [2.75, 3.05) is 5.75 Å². The third-order valence-electron chi connectivity index (χ3n) is 4.84. The molecule has 0 saturated carbocycles.